The maximum Gasteiger partial charge on any atom is 0.129 e. The zero-order chi connectivity index (χ0) is 14.4. The molecule has 1 N–H and O–H groups in total. The lowest BCUT2D eigenvalue weighted by atomic mass is 9.91. The Morgan fingerprint density at radius 1 is 0.947 bits per heavy atom. The fraction of sp³-hybridized carbons (Fsp3) is 0.882. The summed E-state index contributed by atoms with van der Waals surface area (Å²) in [6.07, 6.45) is 10.7. The minimum absolute atomic E-state index is 0.386. The van der Waals surface area contributed by atoms with E-state index in [1.54, 1.807) is 0 Å². The maximum atomic E-state index is 3.72. The molecule has 0 amide bonds. The molecule has 2 heteroatoms. The predicted molar refractivity (Wildman–Crippen MR) is 89.1 cm³/mol. The van der Waals surface area contributed by atoms with E-state index in [9.17, 15) is 0 Å². The highest BCUT2D eigenvalue weighted by Gasteiger charge is 2.51. The van der Waals surface area contributed by atoms with Crippen molar-refractivity contribution in [2.45, 2.75) is 96.4 Å². The van der Waals surface area contributed by atoms with Gasteiger partial charge < -0.3 is 0 Å². The second-order valence-corrected chi connectivity index (χ2v) is 11.9. The number of unbranched alkanes of at least 4 members (excludes halogenated alkanes) is 4. The molecule has 0 radical (unpaired) electrons. The molecule has 1 heterocycles. The monoisotopic (exact) mass is 279 g/mol. The molecule has 0 aromatic rings. The Morgan fingerprint density at radius 2 is 1.47 bits per heavy atom. The average molecular weight is 280 g/mol. The molecule has 1 aliphatic rings. The Balaban J connectivity index is 2.50. The zero-order valence-corrected chi connectivity index (χ0v) is 14.7. The molecule has 0 bridgehead atoms. The van der Waals surface area contributed by atoms with Gasteiger partial charge >= 0.3 is 0 Å². The van der Waals surface area contributed by atoms with Crippen LogP contribution in [0.5, 0.6) is 0 Å². The summed E-state index contributed by atoms with van der Waals surface area (Å²) >= 11 is 0. The van der Waals surface area contributed by atoms with Crippen LogP contribution in [0.2, 0.25) is 19.6 Å². The van der Waals surface area contributed by atoms with Gasteiger partial charge in [0.25, 0.3) is 0 Å². The minimum Gasteiger partial charge on any atom is -0.294 e. The summed E-state index contributed by atoms with van der Waals surface area (Å²) in [6.45, 7) is 11.6. The third-order valence-corrected chi connectivity index (χ3v) is 4.84. The van der Waals surface area contributed by atoms with Crippen molar-refractivity contribution in [1.29, 1.82) is 0 Å². The Bertz CT molecular complexity index is 308. The second kappa shape index (κ2) is 7.50. The van der Waals surface area contributed by atoms with Crippen LogP contribution in [0, 0.1) is 11.5 Å². The third-order valence-electron chi connectivity index (χ3n) is 3.95. The first-order valence-corrected chi connectivity index (χ1v) is 11.7. The van der Waals surface area contributed by atoms with Crippen molar-refractivity contribution >= 4 is 8.07 Å². The lowest BCUT2D eigenvalue weighted by molar-refractivity contribution is 0.464. The lowest BCUT2D eigenvalue weighted by Crippen LogP contribution is -2.19. The van der Waals surface area contributed by atoms with Crippen molar-refractivity contribution in [3.63, 3.8) is 0 Å². The van der Waals surface area contributed by atoms with E-state index in [4.69, 9.17) is 0 Å². The molecule has 1 saturated heterocycles. The van der Waals surface area contributed by atoms with E-state index in [1.807, 2.05) is 0 Å². The third kappa shape index (κ3) is 6.14. The Morgan fingerprint density at radius 3 is 1.89 bits per heavy atom. The van der Waals surface area contributed by atoms with E-state index in [-0.39, 0.29) is 0 Å². The predicted octanol–water partition coefficient (Wildman–Crippen LogP) is 4.74. The van der Waals surface area contributed by atoms with E-state index >= 15 is 0 Å². The molecule has 0 aliphatic carbocycles. The summed E-state index contributed by atoms with van der Waals surface area (Å²) in [5.41, 5.74) is 3.93. The van der Waals surface area contributed by atoms with Gasteiger partial charge in [0.1, 0.15) is 8.07 Å². The first-order valence-electron chi connectivity index (χ1n) is 8.24. The van der Waals surface area contributed by atoms with Crippen LogP contribution in [0.3, 0.4) is 0 Å². The second-order valence-electron chi connectivity index (χ2n) is 7.17. The van der Waals surface area contributed by atoms with E-state index in [1.165, 1.54) is 51.4 Å². The molecule has 19 heavy (non-hydrogen) atoms. The highest BCUT2D eigenvalue weighted by Crippen LogP contribution is 2.37. The van der Waals surface area contributed by atoms with Gasteiger partial charge in [0.2, 0.25) is 0 Å². The van der Waals surface area contributed by atoms with Gasteiger partial charge in [-0.2, -0.15) is 0 Å². The number of rotatable bonds is 8. The molecule has 1 nitrogen and oxygen atoms in total. The molecule has 0 unspecified atom stereocenters. The summed E-state index contributed by atoms with van der Waals surface area (Å²) in [4.78, 5) is 0. The smallest absolute Gasteiger partial charge is 0.129 e. The first-order chi connectivity index (χ1) is 8.93. The van der Waals surface area contributed by atoms with Crippen LogP contribution >= 0.6 is 0 Å². The molecule has 0 spiro atoms. The fourth-order valence-electron chi connectivity index (χ4n) is 2.65. The van der Waals surface area contributed by atoms with Crippen molar-refractivity contribution < 1.29 is 0 Å². The van der Waals surface area contributed by atoms with Crippen molar-refractivity contribution in [1.82, 2.24) is 5.32 Å². The van der Waals surface area contributed by atoms with Gasteiger partial charge in [-0.05, 0) is 12.8 Å². The van der Waals surface area contributed by atoms with Crippen molar-refractivity contribution in [2.24, 2.45) is 0 Å². The molecule has 110 valence electrons. The van der Waals surface area contributed by atoms with Crippen LogP contribution in [0.25, 0.3) is 0 Å². The molecular weight excluding hydrogens is 246 g/mol. The van der Waals surface area contributed by atoms with E-state index < -0.39 is 8.07 Å². The fourth-order valence-corrected chi connectivity index (χ4v) is 3.22. The quantitative estimate of drug-likeness (QED) is 0.295. The van der Waals surface area contributed by atoms with Gasteiger partial charge in [0.05, 0.1) is 6.04 Å². The Labute approximate surface area is 122 Å². The van der Waals surface area contributed by atoms with Gasteiger partial charge in [-0.3, -0.25) is 5.32 Å². The topological polar surface area (TPSA) is 21.9 Å². The number of hydrogen-bond acceptors (Lipinski definition) is 1. The van der Waals surface area contributed by atoms with Crippen LogP contribution in [-0.2, 0) is 0 Å². The first kappa shape index (κ1) is 16.8. The van der Waals surface area contributed by atoms with Gasteiger partial charge in [-0.1, -0.05) is 77.9 Å². The van der Waals surface area contributed by atoms with E-state index in [2.05, 4.69) is 50.3 Å². The molecule has 1 rings (SSSR count). The molecule has 0 saturated carbocycles. The number of nitrogens with one attached hydrogen (secondary N) is 1. The summed E-state index contributed by atoms with van der Waals surface area (Å²) in [5.74, 6) is 3.54. The molecule has 1 atom stereocenters. The van der Waals surface area contributed by atoms with Crippen LogP contribution in [0.15, 0.2) is 0 Å². The van der Waals surface area contributed by atoms with Crippen LogP contribution in [0.1, 0.15) is 65.2 Å². The largest absolute Gasteiger partial charge is 0.294 e. The molecule has 0 aromatic carbocycles. The van der Waals surface area contributed by atoms with Gasteiger partial charge in [-0.25, -0.2) is 0 Å². The van der Waals surface area contributed by atoms with Gasteiger partial charge in [0, 0.05) is 5.54 Å². The summed E-state index contributed by atoms with van der Waals surface area (Å²) in [6, 6.07) is 0.493. The highest BCUT2D eigenvalue weighted by atomic mass is 28.3. The number of hydrogen-bond donors (Lipinski definition) is 1. The maximum absolute atomic E-state index is 3.72. The SMILES string of the molecule is CCCCCC1(CCCCC)N[C@@H]1C#C[Si](C)(C)C. The Kier molecular flexibility index (Phi) is 6.63. The zero-order valence-electron chi connectivity index (χ0n) is 13.7. The minimum atomic E-state index is -1.22. The molecule has 1 fully saturated rings. The van der Waals surface area contributed by atoms with Gasteiger partial charge in [0.15, 0.2) is 0 Å². The normalized spacial score (nSPS) is 20.8. The summed E-state index contributed by atoms with van der Waals surface area (Å²) < 4.78 is 0. The van der Waals surface area contributed by atoms with Crippen molar-refractivity contribution in [3.8, 4) is 11.5 Å². The van der Waals surface area contributed by atoms with Crippen molar-refractivity contribution in [2.75, 3.05) is 0 Å². The lowest BCUT2D eigenvalue weighted by Gasteiger charge is -2.13. The standard InChI is InChI=1S/C17H33NSi/c1-6-8-10-13-17(14-11-9-7-2)16(18-17)12-15-19(3,4)5/h16,18H,6-11,13-14H2,1-5H3/t16-/m1/s1. The Hall–Kier alpha value is -0.263. The average Bonchev–Trinajstić information content (AvgIpc) is 3.01. The molecular formula is C17H33NSi. The molecule has 0 aromatic heterocycles. The van der Waals surface area contributed by atoms with Crippen LogP contribution < -0.4 is 5.32 Å². The molecule has 1 aliphatic heterocycles. The summed E-state index contributed by atoms with van der Waals surface area (Å²) in [7, 11) is -1.22. The summed E-state index contributed by atoms with van der Waals surface area (Å²) in [5, 5.41) is 3.72. The van der Waals surface area contributed by atoms with Crippen LogP contribution in [0.4, 0.5) is 0 Å². The van der Waals surface area contributed by atoms with E-state index in [0.29, 0.717) is 11.6 Å². The highest BCUT2D eigenvalue weighted by molar-refractivity contribution is 6.83. The van der Waals surface area contributed by atoms with Crippen molar-refractivity contribution in [3.05, 3.63) is 0 Å². The van der Waals surface area contributed by atoms with E-state index in [0.717, 1.165) is 0 Å². The van der Waals surface area contributed by atoms with Crippen LogP contribution in [-0.4, -0.2) is 19.7 Å². The van der Waals surface area contributed by atoms with Gasteiger partial charge in [-0.15, -0.1) is 5.54 Å².